The van der Waals surface area contributed by atoms with Crippen LogP contribution in [0.15, 0.2) is 29.6 Å². The van der Waals surface area contributed by atoms with E-state index < -0.39 is 0 Å². The van der Waals surface area contributed by atoms with E-state index in [4.69, 9.17) is 0 Å². The molecule has 0 spiro atoms. The highest BCUT2D eigenvalue weighted by Gasteiger charge is 1.98. The highest BCUT2D eigenvalue weighted by Crippen LogP contribution is 2.25. The maximum Gasteiger partial charge on any atom is 0.0383 e. The summed E-state index contributed by atoms with van der Waals surface area (Å²) in [6.07, 6.45) is 0. The Kier molecular flexibility index (Phi) is 4.42. The van der Waals surface area contributed by atoms with Crippen molar-refractivity contribution in [3.05, 3.63) is 35.2 Å². The molecule has 0 aliphatic rings. The summed E-state index contributed by atoms with van der Waals surface area (Å²) in [6.45, 7) is 0. The van der Waals surface area contributed by atoms with E-state index >= 15 is 0 Å². The standard InChI is InChI=1S/C9H7BrS.CH5N/c10-6-8-3-1-2-7-4-5-11-9(7)8;1-2/h1-5H,6H2;2H2,1H3. The van der Waals surface area contributed by atoms with Gasteiger partial charge in [0.15, 0.2) is 0 Å². The molecule has 70 valence electrons. The van der Waals surface area contributed by atoms with Crippen molar-refractivity contribution in [2.24, 2.45) is 5.73 Å². The quantitative estimate of drug-likeness (QED) is 0.780. The second-order valence-electron chi connectivity index (χ2n) is 2.39. The molecule has 2 N–H and O–H groups in total. The average Bonchev–Trinajstić information content (AvgIpc) is 2.68. The first kappa shape index (κ1) is 10.7. The second kappa shape index (κ2) is 5.37. The van der Waals surface area contributed by atoms with Crippen molar-refractivity contribution in [1.82, 2.24) is 0 Å². The van der Waals surface area contributed by atoms with Crippen LogP contribution in [0.4, 0.5) is 0 Å². The highest BCUT2D eigenvalue weighted by molar-refractivity contribution is 9.08. The summed E-state index contributed by atoms with van der Waals surface area (Å²) >= 11 is 5.28. The fraction of sp³-hybridized carbons (Fsp3) is 0.200. The smallest absolute Gasteiger partial charge is 0.0383 e. The van der Waals surface area contributed by atoms with Crippen molar-refractivity contribution in [2.45, 2.75) is 5.33 Å². The molecule has 2 aromatic rings. The van der Waals surface area contributed by atoms with Gasteiger partial charge in [0, 0.05) is 10.0 Å². The largest absolute Gasteiger partial charge is 0.333 e. The molecule has 0 unspecified atom stereocenters. The Morgan fingerprint density at radius 3 is 2.77 bits per heavy atom. The molecular formula is C10H12BrNS. The van der Waals surface area contributed by atoms with Gasteiger partial charge >= 0.3 is 0 Å². The van der Waals surface area contributed by atoms with Crippen LogP contribution < -0.4 is 5.73 Å². The van der Waals surface area contributed by atoms with Crippen LogP contribution in [0, 0.1) is 0 Å². The number of hydrogen-bond donors (Lipinski definition) is 1. The van der Waals surface area contributed by atoms with Gasteiger partial charge in [-0.15, -0.1) is 11.3 Å². The lowest BCUT2D eigenvalue weighted by Gasteiger charge is -1.95. The molecule has 0 aliphatic carbocycles. The maximum absolute atomic E-state index is 4.50. The fourth-order valence-corrected chi connectivity index (χ4v) is 2.73. The van der Waals surface area contributed by atoms with Gasteiger partial charge < -0.3 is 5.73 Å². The lowest BCUT2D eigenvalue weighted by Crippen LogP contribution is -1.74. The molecule has 3 heteroatoms. The van der Waals surface area contributed by atoms with E-state index in [2.05, 4.69) is 51.3 Å². The SMILES string of the molecule is BrCc1cccc2ccsc12.CN. The van der Waals surface area contributed by atoms with Gasteiger partial charge in [-0.1, -0.05) is 34.1 Å². The van der Waals surface area contributed by atoms with Crippen LogP contribution in [0.3, 0.4) is 0 Å². The number of benzene rings is 1. The molecule has 1 aromatic heterocycles. The molecule has 1 aromatic carbocycles. The third-order valence-corrected chi connectivity index (χ3v) is 3.31. The molecule has 0 amide bonds. The predicted molar refractivity (Wildman–Crippen MR) is 64.6 cm³/mol. The number of fused-ring (bicyclic) bond motifs is 1. The van der Waals surface area contributed by atoms with Crippen molar-refractivity contribution in [2.75, 3.05) is 7.05 Å². The first-order valence-corrected chi connectivity index (χ1v) is 6.01. The third-order valence-electron chi connectivity index (χ3n) is 1.70. The monoisotopic (exact) mass is 257 g/mol. The summed E-state index contributed by atoms with van der Waals surface area (Å²) in [5, 5.41) is 4.44. The van der Waals surface area contributed by atoms with Crippen molar-refractivity contribution in [1.29, 1.82) is 0 Å². The normalized spacial score (nSPS) is 9.46. The van der Waals surface area contributed by atoms with E-state index in [1.54, 1.807) is 0 Å². The molecule has 2 rings (SSSR count). The van der Waals surface area contributed by atoms with Crippen molar-refractivity contribution >= 4 is 37.4 Å². The Morgan fingerprint density at radius 1 is 1.31 bits per heavy atom. The van der Waals surface area contributed by atoms with Gasteiger partial charge in [-0.05, 0) is 29.4 Å². The molecule has 0 radical (unpaired) electrons. The summed E-state index contributed by atoms with van der Waals surface area (Å²) in [7, 11) is 1.50. The van der Waals surface area contributed by atoms with Gasteiger partial charge in [-0.2, -0.15) is 0 Å². The lowest BCUT2D eigenvalue weighted by molar-refractivity contribution is 1.48. The van der Waals surface area contributed by atoms with E-state index in [0.29, 0.717) is 0 Å². The summed E-state index contributed by atoms with van der Waals surface area (Å²) in [5.41, 5.74) is 5.89. The maximum atomic E-state index is 4.50. The first-order chi connectivity index (χ1) is 6.42. The van der Waals surface area contributed by atoms with Crippen LogP contribution in [0.25, 0.3) is 10.1 Å². The number of thiophene rings is 1. The number of hydrogen-bond acceptors (Lipinski definition) is 2. The Hall–Kier alpha value is -0.380. The predicted octanol–water partition coefficient (Wildman–Crippen LogP) is 3.37. The van der Waals surface area contributed by atoms with Gasteiger partial charge in [0.1, 0.15) is 0 Å². The lowest BCUT2D eigenvalue weighted by atomic mass is 10.2. The minimum atomic E-state index is 0.949. The fourth-order valence-electron chi connectivity index (χ4n) is 1.16. The number of alkyl halides is 1. The van der Waals surface area contributed by atoms with Crippen molar-refractivity contribution in [3.8, 4) is 0 Å². The van der Waals surface area contributed by atoms with Gasteiger partial charge in [-0.25, -0.2) is 0 Å². The molecule has 0 bridgehead atoms. The van der Waals surface area contributed by atoms with Crippen LogP contribution >= 0.6 is 27.3 Å². The van der Waals surface area contributed by atoms with Crippen LogP contribution in [0.2, 0.25) is 0 Å². The summed E-state index contributed by atoms with van der Waals surface area (Å²) in [5.74, 6) is 0. The van der Waals surface area contributed by atoms with Gasteiger partial charge in [0.25, 0.3) is 0 Å². The Labute approximate surface area is 90.7 Å². The Bertz CT molecular complexity index is 370. The molecule has 1 heterocycles. The molecule has 13 heavy (non-hydrogen) atoms. The van der Waals surface area contributed by atoms with Gasteiger partial charge in [-0.3, -0.25) is 0 Å². The minimum Gasteiger partial charge on any atom is -0.333 e. The zero-order chi connectivity index (χ0) is 9.68. The minimum absolute atomic E-state index is 0.949. The zero-order valence-electron chi connectivity index (χ0n) is 7.46. The number of nitrogens with two attached hydrogens (primary N) is 1. The van der Waals surface area contributed by atoms with Crippen molar-refractivity contribution < 1.29 is 0 Å². The Balaban J connectivity index is 0.000000396. The number of halogens is 1. The third kappa shape index (κ3) is 2.30. The van der Waals surface area contributed by atoms with Crippen LogP contribution in [-0.4, -0.2) is 7.05 Å². The van der Waals surface area contributed by atoms with Crippen LogP contribution in [0.5, 0.6) is 0 Å². The van der Waals surface area contributed by atoms with Crippen LogP contribution in [-0.2, 0) is 5.33 Å². The summed E-state index contributed by atoms with van der Waals surface area (Å²) in [4.78, 5) is 0. The number of rotatable bonds is 1. The topological polar surface area (TPSA) is 26.0 Å². The molecule has 0 saturated carbocycles. The van der Waals surface area contributed by atoms with E-state index in [0.717, 1.165) is 5.33 Å². The molecule has 0 atom stereocenters. The highest BCUT2D eigenvalue weighted by atomic mass is 79.9. The molecule has 1 nitrogen and oxygen atoms in total. The van der Waals surface area contributed by atoms with Gasteiger partial charge in [0.2, 0.25) is 0 Å². The van der Waals surface area contributed by atoms with Gasteiger partial charge in [0.05, 0.1) is 0 Å². The van der Waals surface area contributed by atoms with Crippen LogP contribution in [0.1, 0.15) is 5.56 Å². The average molecular weight is 258 g/mol. The van der Waals surface area contributed by atoms with E-state index in [9.17, 15) is 0 Å². The molecule has 0 fully saturated rings. The van der Waals surface area contributed by atoms with Crippen molar-refractivity contribution in [3.63, 3.8) is 0 Å². The first-order valence-electron chi connectivity index (χ1n) is 4.00. The summed E-state index contributed by atoms with van der Waals surface area (Å²) in [6, 6.07) is 8.57. The van der Waals surface area contributed by atoms with E-state index in [-0.39, 0.29) is 0 Å². The molecule has 0 saturated heterocycles. The zero-order valence-corrected chi connectivity index (χ0v) is 9.86. The molecule has 0 aliphatic heterocycles. The van der Waals surface area contributed by atoms with E-state index in [1.165, 1.54) is 22.7 Å². The Morgan fingerprint density at radius 2 is 2.08 bits per heavy atom. The molecular weight excluding hydrogens is 246 g/mol. The van der Waals surface area contributed by atoms with E-state index in [1.807, 2.05) is 11.3 Å². The summed E-state index contributed by atoms with van der Waals surface area (Å²) < 4.78 is 1.41. The second-order valence-corrected chi connectivity index (χ2v) is 3.87.